The molecule has 7 N–H and O–H groups in total. The van der Waals surface area contributed by atoms with Gasteiger partial charge in [-0.1, -0.05) is 0 Å². The molecule has 6 atom stereocenters. The van der Waals surface area contributed by atoms with Crippen molar-refractivity contribution < 1.29 is 24.9 Å². The van der Waals surface area contributed by atoms with Gasteiger partial charge in [0.05, 0.1) is 24.2 Å². The van der Waals surface area contributed by atoms with Crippen LogP contribution in [0.3, 0.4) is 0 Å². The zero-order chi connectivity index (χ0) is 19.7. The van der Waals surface area contributed by atoms with Crippen molar-refractivity contribution in [3.05, 3.63) is 18.6 Å². The zero-order valence-corrected chi connectivity index (χ0v) is 15.1. The van der Waals surface area contributed by atoms with E-state index < -0.39 is 37.2 Å². The van der Waals surface area contributed by atoms with Crippen LogP contribution in [0.25, 0.3) is 11.0 Å². The number of hydrogen-bond acceptors (Lipinski definition) is 9. The number of nitrogens with one attached hydrogen (secondary N) is 4. The van der Waals surface area contributed by atoms with Crippen molar-refractivity contribution in [1.82, 2.24) is 25.6 Å². The van der Waals surface area contributed by atoms with Crippen LogP contribution in [0, 0.1) is 0 Å². The number of nitrogens with zero attached hydrogens (tertiary/aromatic N) is 2. The molecule has 2 aliphatic rings. The Balaban J connectivity index is 1.48. The van der Waals surface area contributed by atoms with E-state index in [0.29, 0.717) is 23.3 Å². The van der Waals surface area contributed by atoms with Crippen molar-refractivity contribution in [3.63, 3.8) is 0 Å². The van der Waals surface area contributed by atoms with E-state index in [4.69, 9.17) is 4.74 Å². The highest BCUT2D eigenvalue weighted by molar-refractivity contribution is 5.85. The van der Waals surface area contributed by atoms with E-state index in [1.165, 1.54) is 6.33 Å². The molecule has 152 valence electrons. The second-order valence-electron chi connectivity index (χ2n) is 7.05. The highest BCUT2D eigenvalue weighted by Gasteiger charge is 2.45. The van der Waals surface area contributed by atoms with Crippen molar-refractivity contribution in [2.45, 2.75) is 49.5 Å². The lowest BCUT2D eigenvalue weighted by Gasteiger charge is -2.43. The van der Waals surface area contributed by atoms with E-state index in [9.17, 15) is 20.1 Å². The zero-order valence-electron chi connectivity index (χ0n) is 15.1. The topological polar surface area (TPSA) is 165 Å². The summed E-state index contributed by atoms with van der Waals surface area (Å²) in [6.07, 6.45) is 0.0349. The average molecular weight is 392 g/mol. The van der Waals surface area contributed by atoms with E-state index in [1.54, 1.807) is 12.3 Å². The normalized spacial score (nSPS) is 33.1. The van der Waals surface area contributed by atoms with Crippen LogP contribution < -0.4 is 16.0 Å². The third kappa shape index (κ3) is 3.54. The lowest BCUT2D eigenvalue weighted by Crippen LogP contribution is -2.66. The number of amides is 1. The molecule has 2 fully saturated rings. The molecule has 28 heavy (non-hydrogen) atoms. The van der Waals surface area contributed by atoms with Gasteiger partial charge in [-0.3, -0.25) is 4.79 Å². The maximum atomic E-state index is 12.4. The van der Waals surface area contributed by atoms with E-state index in [0.717, 1.165) is 13.0 Å². The number of aliphatic hydroxyl groups excluding tert-OH is 3. The number of H-pyrrole nitrogens is 1. The predicted molar refractivity (Wildman–Crippen MR) is 98.2 cm³/mol. The monoisotopic (exact) mass is 392 g/mol. The fourth-order valence-electron chi connectivity index (χ4n) is 3.71. The van der Waals surface area contributed by atoms with E-state index in [2.05, 4.69) is 30.9 Å². The number of ether oxygens (including phenoxy) is 1. The highest BCUT2D eigenvalue weighted by atomic mass is 16.5. The van der Waals surface area contributed by atoms with Gasteiger partial charge in [0.15, 0.2) is 12.0 Å². The Morgan fingerprint density at radius 3 is 2.93 bits per heavy atom. The average Bonchev–Trinajstić information content (AvgIpc) is 3.39. The first kappa shape index (κ1) is 19.0. The van der Waals surface area contributed by atoms with E-state index in [-0.39, 0.29) is 11.9 Å². The summed E-state index contributed by atoms with van der Waals surface area (Å²) >= 11 is 0. The largest absolute Gasteiger partial charge is 0.394 e. The number of hydrogen-bond donors (Lipinski definition) is 7. The molecule has 2 aromatic rings. The molecule has 2 aromatic heterocycles. The molecule has 0 aromatic carbocycles. The van der Waals surface area contributed by atoms with Crippen LogP contribution in [0.2, 0.25) is 0 Å². The Morgan fingerprint density at radius 2 is 2.18 bits per heavy atom. The van der Waals surface area contributed by atoms with Crippen LogP contribution >= 0.6 is 0 Å². The summed E-state index contributed by atoms with van der Waals surface area (Å²) < 4.78 is 5.74. The Morgan fingerprint density at radius 1 is 1.32 bits per heavy atom. The summed E-state index contributed by atoms with van der Waals surface area (Å²) in [5, 5.41) is 39.6. The molecule has 1 amide bonds. The molecule has 0 saturated carbocycles. The Bertz CT molecular complexity index is 823. The van der Waals surface area contributed by atoms with Crippen LogP contribution in [0.4, 0.5) is 5.82 Å². The summed E-state index contributed by atoms with van der Waals surface area (Å²) in [6.45, 7) is 0.318. The number of aromatic nitrogens is 3. The minimum absolute atomic E-state index is 0.286. The van der Waals surface area contributed by atoms with Gasteiger partial charge in [0, 0.05) is 6.20 Å². The number of fused-ring (bicyclic) bond motifs is 1. The van der Waals surface area contributed by atoms with Crippen molar-refractivity contribution in [2.75, 3.05) is 18.5 Å². The molecular formula is C17H24N6O5. The van der Waals surface area contributed by atoms with Gasteiger partial charge >= 0.3 is 0 Å². The minimum atomic E-state index is -1.36. The van der Waals surface area contributed by atoms with Crippen molar-refractivity contribution >= 4 is 22.8 Å². The summed E-state index contributed by atoms with van der Waals surface area (Å²) in [7, 11) is 0. The van der Waals surface area contributed by atoms with Crippen LogP contribution in [-0.4, -0.2) is 86.0 Å². The van der Waals surface area contributed by atoms with Gasteiger partial charge in [-0.25, -0.2) is 9.97 Å². The molecule has 0 spiro atoms. The number of aliphatic hydroxyl groups is 3. The van der Waals surface area contributed by atoms with Gasteiger partial charge in [0.1, 0.15) is 30.2 Å². The van der Waals surface area contributed by atoms with Crippen molar-refractivity contribution in [1.29, 1.82) is 0 Å². The Hall–Kier alpha value is -2.31. The summed E-state index contributed by atoms with van der Waals surface area (Å²) in [6, 6.07) is 0.486. The van der Waals surface area contributed by atoms with Gasteiger partial charge in [-0.05, 0) is 25.5 Å². The van der Waals surface area contributed by atoms with Gasteiger partial charge in [-0.2, -0.15) is 0 Å². The second-order valence-corrected chi connectivity index (χ2v) is 7.05. The van der Waals surface area contributed by atoms with Crippen LogP contribution in [0.15, 0.2) is 18.6 Å². The van der Waals surface area contributed by atoms with Crippen LogP contribution in [-0.2, 0) is 9.53 Å². The molecule has 0 bridgehead atoms. The van der Waals surface area contributed by atoms with Crippen LogP contribution in [0.5, 0.6) is 0 Å². The van der Waals surface area contributed by atoms with E-state index >= 15 is 0 Å². The Kier molecular flexibility index (Phi) is 5.42. The molecule has 2 aliphatic heterocycles. The number of aromatic amines is 1. The van der Waals surface area contributed by atoms with Gasteiger partial charge in [0.2, 0.25) is 5.91 Å². The minimum Gasteiger partial charge on any atom is -0.394 e. The standard InChI is InChI=1S/C17H24N6O5/c24-6-10-12(22-16(27)9-2-1-4-18-9)13(25)14(26)17(28-10)23-15-11-8(3-5-19-11)20-7-21-15/h3,5,7,9-10,12-14,17-19,24-26H,1-2,4,6H2,(H,22,27)(H,20,21,23)/t9-,10+,12+,13-,14+,17+/m1/s1. The molecule has 11 heteroatoms. The number of anilines is 1. The van der Waals surface area contributed by atoms with Gasteiger partial charge in [-0.15, -0.1) is 0 Å². The molecular weight excluding hydrogens is 368 g/mol. The fraction of sp³-hybridized carbons (Fsp3) is 0.588. The van der Waals surface area contributed by atoms with Crippen molar-refractivity contribution in [3.8, 4) is 0 Å². The molecule has 11 nitrogen and oxygen atoms in total. The van der Waals surface area contributed by atoms with Gasteiger partial charge in [0.25, 0.3) is 0 Å². The molecule has 0 radical (unpaired) electrons. The maximum absolute atomic E-state index is 12.4. The summed E-state index contributed by atoms with van der Waals surface area (Å²) in [5.74, 6) is 0.103. The first-order valence-corrected chi connectivity index (χ1v) is 9.29. The number of carbonyl (C=O) groups is 1. The third-order valence-corrected chi connectivity index (χ3v) is 5.24. The lowest BCUT2D eigenvalue weighted by atomic mass is 9.95. The van der Waals surface area contributed by atoms with E-state index in [1.807, 2.05) is 0 Å². The second kappa shape index (κ2) is 7.97. The summed E-state index contributed by atoms with van der Waals surface area (Å²) in [4.78, 5) is 23.6. The molecule has 4 heterocycles. The first-order valence-electron chi connectivity index (χ1n) is 9.29. The Labute approximate surface area is 160 Å². The predicted octanol–water partition coefficient (Wildman–Crippen LogP) is -1.95. The molecule has 4 rings (SSSR count). The van der Waals surface area contributed by atoms with Gasteiger partial charge < -0.3 is 41.0 Å². The molecule has 2 saturated heterocycles. The molecule has 0 unspecified atom stereocenters. The lowest BCUT2D eigenvalue weighted by molar-refractivity contribution is -0.185. The highest BCUT2D eigenvalue weighted by Crippen LogP contribution is 2.25. The number of rotatable bonds is 5. The number of carbonyl (C=O) groups excluding carboxylic acids is 1. The van der Waals surface area contributed by atoms with Crippen molar-refractivity contribution in [2.24, 2.45) is 0 Å². The quantitative estimate of drug-likeness (QED) is 0.306. The SMILES string of the molecule is O=C(N[C@@H]1[C@@H](O)[C@H](O)[C@@H](Nc2ncnc3cc[nH]c23)O[C@H]1CO)[C@H]1CCCN1. The maximum Gasteiger partial charge on any atom is 0.237 e. The third-order valence-electron chi connectivity index (χ3n) is 5.24. The van der Waals surface area contributed by atoms with Crippen LogP contribution in [0.1, 0.15) is 12.8 Å². The fourth-order valence-corrected chi connectivity index (χ4v) is 3.71. The smallest absolute Gasteiger partial charge is 0.237 e. The molecule has 0 aliphatic carbocycles. The first-order chi connectivity index (χ1) is 13.6. The summed E-state index contributed by atoms with van der Waals surface area (Å²) in [5.41, 5.74) is 1.30.